The number of rotatable bonds is 3. The number of hydrogen-bond acceptors (Lipinski definition) is 3. The van der Waals surface area contributed by atoms with Gasteiger partial charge in [-0.05, 0) is 29.8 Å². The maximum atomic E-state index is 9.14. The zero-order valence-electron chi connectivity index (χ0n) is 15.0. The number of fused-ring (bicyclic) bond motifs is 3. The van der Waals surface area contributed by atoms with E-state index in [1.54, 1.807) is 6.07 Å². The van der Waals surface area contributed by atoms with E-state index in [9.17, 15) is 0 Å². The van der Waals surface area contributed by atoms with Gasteiger partial charge < -0.3 is 9.73 Å². The molecule has 0 saturated heterocycles. The average molecular weight is 360 g/mol. The molecule has 28 heavy (non-hydrogen) atoms. The minimum Gasteiger partial charge on any atom is -0.453 e. The van der Waals surface area contributed by atoms with Gasteiger partial charge in [0.15, 0.2) is 5.58 Å². The van der Waals surface area contributed by atoms with Crippen molar-refractivity contribution in [2.24, 2.45) is 0 Å². The van der Waals surface area contributed by atoms with E-state index in [2.05, 4.69) is 47.8 Å². The lowest BCUT2D eigenvalue weighted by molar-refractivity contribution is 0.671. The van der Waals surface area contributed by atoms with Crippen LogP contribution in [0.4, 0.5) is 11.4 Å². The number of nitrogens with zero attached hydrogens (tertiary/aromatic N) is 1. The van der Waals surface area contributed by atoms with Gasteiger partial charge in [-0.3, -0.25) is 0 Å². The summed E-state index contributed by atoms with van der Waals surface area (Å²) in [7, 11) is 0. The number of nitriles is 1. The Morgan fingerprint density at radius 1 is 0.714 bits per heavy atom. The summed E-state index contributed by atoms with van der Waals surface area (Å²) in [6.07, 6.45) is 0. The Labute approximate surface area is 162 Å². The minimum absolute atomic E-state index is 0.619. The third-order valence-corrected chi connectivity index (χ3v) is 4.88. The monoisotopic (exact) mass is 360 g/mol. The summed E-state index contributed by atoms with van der Waals surface area (Å²) in [5.41, 5.74) is 6.24. The topological polar surface area (TPSA) is 49.0 Å². The highest BCUT2D eigenvalue weighted by molar-refractivity contribution is 6.12. The standard InChI is InChI=1S/C25H16N2O/c26-16-17-7-4-10-19(15-17)27-23-14-6-13-22-21-12-5-11-20(24(21)28-25(22)23)18-8-2-1-3-9-18/h1-15,27H. The van der Waals surface area contributed by atoms with Crippen molar-refractivity contribution < 1.29 is 4.42 Å². The predicted octanol–water partition coefficient (Wildman–Crippen LogP) is 6.87. The van der Waals surface area contributed by atoms with E-state index in [0.717, 1.165) is 44.4 Å². The van der Waals surface area contributed by atoms with Gasteiger partial charge in [-0.15, -0.1) is 0 Å². The second-order valence-corrected chi connectivity index (χ2v) is 6.65. The van der Waals surface area contributed by atoms with Crippen molar-refractivity contribution in [1.82, 2.24) is 0 Å². The number of anilines is 2. The fourth-order valence-electron chi connectivity index (χ4n) is 3.59. The third kappa shape index (κ3) is 2.69. The fraction of sp³-hybridized carbons (Fsp3) is 0. The number of benzene rings is 4. The van der Waals surface area contributed by atoms with E-state index < -0.39 is 0 Å². The van der Waals surface area contributed by atoms with Crippen LogP contribution in [0.2, 0.25) is 0 Å². The van der Waals surface area contributed by atoms with Crippen molar-refractivity contribution in [3.8, 4) is 17.2 Å². The van der Waals surface area contributed by atoms with Crippen LogP contribution in [-0.4, -0.2) is 0 Å². The molecule has 132 valence electrons. The third-order valence-electron chi connectivity index (χ3n) is 4.88. The Hall–Kier alpha value is -4.03. The Balaban J connectivity index is 1.69. The molecule has 1 aromatic heterocycles. The van der Waals surface area contributed by atoms with Gasteiger partial charge >= 0.3 is 0 Å². The molecule has 0 amide bonds. The first-order valence-corrected chi connectivity index (χ1v) is 9.10. The summed E-state index contributed by atoms with van der Waals surface area (Å²) in [6.45, 7) is 0. The molecule has 1 N–H and O–H groups in total. The van der Waals surface area contributed by atoms with Gasteiger partial charge in [0, 0.05) is 22.0 Å². The second kappa shape index (κ2) is 6.61. The van der Waals surface area contributed by atoms with Crippen molar-refractivity contribution in [2.75, 3.05) is 5.32 Å². The van der Waals surface area contributed by atoms with Crippen molar-refractivity contribution in [2.45, 2.75) is 0 Å². The molecule has 0 unspecified atom stereocenters. The molecule has 0 bridgehead atoms. The molecule has 3 nitrogen and oxygen atoms in total. The van der Waals surface area contributed by atoms with E-state index in [0.29, 0.717) is 5.56 Å². The molecule has 3 heteroatoms. The van der Waals surface area contributed by atoms with Crippen molar-refractivity contribution in [1.29, 1.82) is 5.26 Å². The lowest BCUT2D eigenvalue weighted by Crippen LogP contribution is -1.91. The smallest absolute Gasteiger partial charge is 0.158 e. The molecular weight excluding hydrogens is 344 g/mol. The maximum Gasteiger partial charge on any atom is 0.158 e. The summed E-state index contributed by atoms with van der Waals surface area (Å²) in [5, 5.41) is 14.7. The Bertz CT molecular complexity index is 1340. The first-order valence-electron chi connectivity index (χ1n) is 9.10. The highest BCUT2D eigenvalue weighted by atomic mass is 16.3. The lowest BCUT2D eigenvalue weighted by Gasteiger charge is -2.07. The SMILES string of the molecule is N#Cc1cccc(Nc2cccc3c2oc2c(-c4ccccc4)cccc23)c1. The van der Waals surface area contributed by atoms with Gasteiger partial charge in [-0.2, -0.15) is 5.26 Å². The van der Waals surface area contributed by atoms with Crippen LogP contribution >= 0.6 is 0 Å². The van der Waals surface area contributed by atoms with Crippen LogP contribution in [0.15, 0.2) is 95.4 Å². The molecule has 5 aromatic rings. The molecule has 0 atom stereocenters. The number of nitrogens with one attached hydrogen (secondary N) is 1. The summed E-state index contributed by atoms with van der Waals surface area (Å²) >= 11 is 0. The van der Waals surface area contributed by atoms with Crippen molar-refractivity contribution in [3.05, 3.63) is 96.6 Å². The quantitative estimate of drug-likeness (QED) is 0.382. The number of furan rings is 1. The van der Waals surface area contributed by atoms with Crippen LogP contribution in [-0.2, 0) is 0 Å². The predicted molar refractivity (Wildman–Crippen MR) is 114 cm³/mol. The molecule has 1 heterocycles. The Morgan fingerprint density at radius 3 is 2.29 bits per heavy atom. The normalized spacial score (nSPS) is 10.8. The molecule has 0 aliphatic carbocycles. The fourth-order valence-corrected chi connectivity index (χ4v) is 3.59. The Kier molecular flexibility index (Phi) is 3.81. The van der Waals surface area contributed by atoms with E-state index in [1.165, 1.54) is 0 Å². The van der Waals surface area contributed by atoms with Crippen LogP contribution in [0.5, 0.6) is 0 Å². The second-order valence-electron chi connectivity index (χ2n) is 6.65. The van der Waals surface area contributed by atoms with E-state index in [1.807, 2.05) is 48.5 Å². The van der Waals surface area contributed by atoms with Crippen molar-refractivity contribution in [3.63, 3.8) is 0 Å². The average Bonchev–Trinajstić information content (AvgIpc) is 3.14. The molecular formula is C25H16N2O. The summed E-state index contributed by atoms with van der Waals surface area (Å²) < 4.78 is 6.37. The van der Waals surface area contributed by atoms with Crippen LogP contribution in [0.3, 0.4) is 0 Å². The molecule has 4 aromatic carbocycles. The van der Waals surface area contributed by atoms with Gasteiger partial charge in [0.2, 0.25) is 0 Å². The van der Waals surface area contributed by atoms with Crippen LogP contribution in [0.1, 0.15) is 5.56 Å². The molecule has 0 spiro atoms. The van der Waals surface area contributed by atoms with E-state index in [-0.39, 0.29) is 0 Å². The minimum atomic E-state index is 0.619. The van der Waals surface area contributed by atoms with Gasteiger partial charge in [0.1, 0.15) is 5.58 Å². The summed E-state index contributed by atoms with van der Waals surface area (Å²) in [5.74, 6) is 0. The Morgan fingerprint density at radius 2 is 1.46 bits per heavy atom. The molecule has 0 aliphatic heterocycles. The number of hydrogen-bond donors (Lipinski definition) is 1. The highest BCUT2D eigenvalue weighted by Crippen LogP contribution is 2.39. The zero-order valence-corrected chi connectivity index (χ0v) is 15.0. The largest absolute Gasteiger partial charge is 0.453 e. The van der Waals surface area contributed by atoms with Crippen LogP contribution < -0.4 is 5.32 Å². The summed E-state index contributed by atoms with van der Waals surface area (Å²) in [6, 6.07) is 32.2. The maximum absolute atomic E-state index is 9.14. The number of para-hydroxylation sites is 2. The molecule has 0 aliphatic rings. The van der Waals surface area contributed by atoms with Crippen molar-refractivity contribution >= 4 is 33.3 Å². The van der Waals surface area contributed by atoms with Crippen LogP contribution in [0, 0.1) is 11.3 Å². The van der Waals surface area contributed by atoms with Gasteiger partial charge in [-0.1, -0.05) is 66.7 Å². The first kappa shape index (κ1) is 16.2. The highest BCUT2D eigenvalue weighted by Gasteiger charge is 2.14. The summed E-state index contributed by atoms with van der Waals surface area (Å²) in [4.78, 5) is 0. The van der Waals surface area contributed by atoms with Crippen LogP contribution in [0.25, 0.3) is 33.1 Å². The molecule has 0 fully saturated rings. The molecule has 0 saturated carbocycles. The van der Waals surface area contributed by atoms with E-state index in [4.69, 9.17) is 9.68 Å². The van der Waals surface area contributed by atoms with E-state index >= 15 is 0 Å². The molecule has 0 radical (unpaired) electrons. The lowest BCUT2D eigenvalue weighted by atomic mass is 10.0. The molecule has 5 rings (SSSR count). The zero-order chi connectivity index (χ0) is 18.9. The van der Waals surface area contributed by atoms with Gasteiger partial charge in [0.25, 0.3) is 0 Å². The van der Waals surface area contributed by atoms with Gasteiger partial charge in [-0.25, -0.2) is 0 Å². The van der Waals surface area contributed by atoms with Gasteiger partial charge in [0.05, 0.1) is 17.3 Å². The first-order chi connectivity index (χ1) is 13.8.